The first-order valence-electron chi connectivity index (χ1n) is 8.76. The Bertz CT molecular complexity index is 814. The van der Waals surface area contributed by atoms with Crippen LogP contribution in [0.3, 0.4) is 0 Å². The van der Waals surface area contributed by atoms with E-state index in [9.17, 15) is 13.6 Å². The molecular formula is C20H22F2N2O3. The van der Waals surface area contributed by atoms with Crippen LogP contribution in [0.25, 0.3) is 0 Å². The molecule has 1 amide bonds. The van der Waals surface area contributed by atoms with Crippen molar-refractivity contribution in [2.75, 3.05) is 23.9 Å². The van der Waals surface area contributed by atoms with Crippen LogP contribution in [0, 0.1) is 0 Å². The van der Waals surface area contributed by atoms with E-state index in [1.165, 1.54) is 19.2 Å². The van der Waals surface area contributed by atoms with Gasteiger partial charge in [0.1, 0.15) is 0 Å². The van der Waals surface area contributed by atoms with Crippen LogP contribution in [0.5, 0.6) is 11.5 Å². The second-order valence-corrected chi connectivity index (χ2v) is 6.38. The lowest BCUT2D eigenvalue weighted by molar-refractivity contribution is -0.117. The number of aryl methyl sites for hydroxylation is 1. The Morgan fingerprint density at radius 2 is 2.04 bits per heavy atom. The third kappa shape index (κ3) is 4.30. The monoisotopic (exact) mass is 376 g/mol. The third-order valence-electron chi connectivity index (χ3n) is 4.62. The lowest BCUT2D eigenvalue weighted by Crippen LogP contribution is -2.44. The van der Waals surface area contributed by atoms with Gasteiger partial charge in [0.25, 0.3) is 0 Å². The predicted molar refractivity (Wildman–Crippen MR) is 99.8 cm³/mol. The van der Waals surface area contributed by atoms with E-state index in [0.29, 0.717) is 5.69 Å². The van der Waals surface area contributed by atoms with Crippen LogP contribution in [0.2, 0.25) is 0 Å². The summed E-state index contributed by atoms with van der Waals surface area (Å²) < 4.78 is 34.6. The van der Waals surface area contributed by atoms with Gasteiger partial charge >= 0.3 is 6.61 Å². The second kappa shape index (κ2) is 8.24. The number of ether oxygens (including phenoxy) is 2. The molecule has 1 heterocycles. The van der Waals surface area contributed by atoms with Crippen LogP contribution < -0.4 is 19.7 Å². The molecule has 5 nitrogen and oxygen atoms in total. The number of para-hydroxylation sites is 1. The topological polar surface area (TPSA) is 50.8 Å². The Kier molecular flexibility index (Phi) is 5.78. The molecule has 0 aromatic heterocycles. The summed E-state index contributed by atoms with van der Waals surface area (Å²) in [7, 11) is 1.37. The van der Waals surface area contributed by atoms with Crippen molar-refractivity contribution in [1.29, 1.82) is 0 Å². The van der Waals surface area contributed by atoms with E-state index in [2.05, 4.69) is 10.1 Å². The predicted octanol–water partition coefficient (Wildman–Crippen LogP) is 4.08. The van der Waals surface area contributed by atoms with Crippen molar-refractivity contribution in [3.8, 4) is 11.5 Å². The molecule has 0 saturated carbocycles. The number of rotatable bonds is 6. The number of anilines is 2. The minimum absolute atomic E-state index is 0.0408. The van der Waals surface area contributed by atoms with Gasteiger partial charge in [0, 0.05) is 23.5 Å². The Hall–Kier alpha value is -2.83. The van der Waals surface area contributed by atoms with Gasteiger partial charge in [-0.3, -0.25) is 4.79 Å². The molecule has 2 aromatic carbocycles. The summed E-state index contributed by atoms with van der Waals surface area (Å²) in [4.78, 5) is 14.6. The number of amides is 1. The van der Waals surface area contributed by atoms with Crippen LogP contribution in [0.4, 0.5) is 20.2 Å². The average molecular weight is 376 g/mol. The van der Waals surface area contributed by atoms with Crippen molar-refractivity contribution >= 4 is 17.3 Å². The number of nitrogens with zero attached hydrogens (tertiary/aromatic N) is 1. The first kappa shape index (κ1) is 18.9. The zero-order chi connectivity index (χ0) is 19.4. The van der Waals surface area contributed by atoms with Crippen LogP contribution in [0.15, 0.2) is 42.5 Å². The van der Waals surface area contributed by atoms with E-state index in [0.717, 1.165) is 24.1 Å². The summed E-state index contributed by atoms with van der Waals surface area (Å²) in [6.45, 7) is -0.893. The highest BCUT2D eigenvalue weighted by molar-refractivity contribution is 5.97. The Morgan fingerprint density at radius 1 is 1.26 bits per heavy atom. The van der Waals surface area contributed by atoms with Crippen LogP contribution >= 0.6 is 0 Å². The van der Waals surface area contributed by atoms with Crippen molar-refractivity contribution in [2.45, 2.75) is 32.4 Å². The number of alkyl halides is 2. The summed E-state index contributed by atoms with van der Waals surface area (Å²) >= 11 is 0. The van der Waals surface area contributed by atoms with Crippen LogP contribution in [-0.4, -0.2) is 32.2 Å². The quantitative estimate of drug-likeness (QED) is 0.826. The number of hydrogen-bond acceptors (Lipinski definition) is 4. The smallest absolute Gasteiger partial charge is 0.387 e. The SMILES string of the molecule is COc1ccc(NCC(=O)N2c3ccccc3CC[C@@H]2C)cc1OC(F)F. The molecule has 0 bridgehead atoms. The van der Waals surface area contributed by atoms with Crippen molar-refractivity contribution in [2.24, 2.45) is 0 Å². The average Bonchev–Trinajstić information content (AvgIpc) is 2.65. The zero-order valence-electron chi connectivity index (χ0n) is 15.2. The van der Waals surface area contributed by atoms with Gasteiger partial charge in [-0.2, -0.15) is 8.78 Å². The first-order valence-corrected chi connectivity index (χ1v) is 8.76. The molecule has 0 saturated heterocycles. The highest BCUT2D eigenvalue weighted by Crippen LogP contribution is 2.32. The summed E-state index contributed by atoms with van der Waals surface area (Å²) in [6, 6.07) is 12.5. The van der Waals surface area contributed by atoms with E-state index in [4.69, 9.17) is 4.74 Å². The minimum atomic E-state index is -2.96. The van der Waals surface area contributed by atoms with Gasteiger partial charge in [0.15, 0.2) is 11.5 Å². The number of methoxy groups -OCH3 is 1. The molecule has 1 aliphatic heterocycles. The number of carbonyl (C=O) groups is 1. The molecule has 27 heavy (non-hydrogen) atoms. The third-order valence-corrected chi connectivity index (χ3v) is 4.62. The van der Waals surface area contributed by atoms with E-state index in [1.807, 2.05) is 31.2 Å². The molecule has 0 unspecified atom stereocenters. The van der Waals surface area contributed by atoms with Crippen molar-refractivity contribution < 1.29 is 23.0 Å². The van der Waals surface area contributed by atoms with Gasteiger partial charge < -0.3 is 19.7 Å². The summed E-state index contributed by atoms with van der Waals surface area (Å²) in [6.07, 6.45) is 1.85. The summed E-state index contributed by atoms with van der Waals surface area (Å²) in [5.74, 6) is 0.0363. The molecule has 3 rings (SSSR count). The molecule has 1 atom stereocenters. The van der Waals surface area contributed by atoms with E-state index < -0.39 is 6.61 Å². The molecule has 2 aromatic rings. The van der Waals surface area contributed by atoms with Crippen LogP contribution in [-0.2, 0) is 11.2 Å². The van der Waals surface area contributed by atoms with Crippen molar-refractivity contribution in [3.05, 3.63) is 48.0 Å². The fourth-order valence-corrected chi connectivity index (χ4v) is 3.31. The molecule has 1 N–H and O–H groups in total. The van der Waals surface area contributed by atoms with Gasteiger partial charge in [-0.05, 0) is 43.5 Å². The van der Waals surface area contributed by atoms with Gasteiger partial charge in [0.2, 0.25) is 5.91 Å². The molecule has 0 aliphatic carbocycles. The van der Waals surface area contributed by atoms with Gasteiger partial charge in [-0.15, -0.1) is 0 Å². The maximum Gasteiger partial charge on any atom is 0.387 e. The Morgan fingerprint density at radius 3 is 2.78 bits per heavy atom. The largest absolute Gasteiger partial charge is 0.493 e. The number of hydrogen-bond donors (Lipinski definition) is 1. The standard InChI is InChI=1S/C20H22F2N2O3/c1-13-7-8-14-5-3-4-6-16(14)24(13)19(25)12-23-15-9-10-17(26-2)18(11-15)27-20(21)22/h3-6,9-11,13,20,23H,7-8,12H2,1-2H3/t13-/m0/s1. The van der Waals surface area contributed by atoms with Crippen molar-refractivity contribution in [3.63, 3.8) is 0 Å². The maximum absolute atomic E-state index is 12.8. The van der Waals surface area contributed by atoms with Crippen LogP contribution in [0.1, 0.15) is 18.9 Å². The Labute approximate surface area is 156 Å². The number of nitrogens with one attached hydrogen (secondary N) is 1. The number of carbonyl (C=O) groups excluding carboxylic acids is 1. The number of benzene rings is 2. The van der Waals surface area contributed by atoms with E-state index in [-0.39, 0.29) is 30.0 Å². The van der Waals surface area contributed by atoms with E-state index in [1.54, 1.807) is 11.0 Å². The van der Waals surface area contributed by atoms with Crippen molar-refractivity contribution in [1.82, 2.24) is 0 Å². The molecule has 0 radical (unpaired) electrons. The van der Waals surface area contributed by atoms with E-state index >= 15 is 0 Å². The lowest BCUT2D eigenvalue weighted by atomic mass is 9.96. The molecule has 7 heteroatoms. The normalized spacial score (nSPS) is 16.0. The number of fused-ring (bicyclic) bond motifs is 1. The van der Waals surface area contributed by atoms with Gasteiger partial charge in [-0.25, -0.2) is 0 Å². The molecular weight excluding hydrogens is 354 g/mol. The lowest BCUT2D eigenvalue weighted by Gasteiger charge is -2.35. The first-order chi connectivity index (χ1) is 13.0. The minimum Gasteiger partial charge on any atom is -0.493 e. The highest BCUT2D eigenvalue weighted by atomic mass is 19.3. The maximum atomic E-state index is 12.8. The second-order valence-electron chi connectivity index (χ2n) is 6.38. The Balaban J connectivity index is 1.72. The van der Waals surface area contributed by atoms with Gasteiger partial charge in [0.05, 0.1) is 13.7 Å². The van der Waals surface area contributed by atoms with Gasteiger partial charge in [-0.1, -0.05) is 18.2 Å². The highest BCUT2D eigenvalue weighted by Gasteiger charge is 2.27. The number of halogens is 2. The molecule has 1 aliphatic rings. The fourth-order valence-electron chi connectivity index (χ4n) is 3.31. The zero-order valence-corrected chi connectivity index (χ0v) is 15.2. The molecule has 0 spiro atoms. The summed E-state index contributed by atoms with van der Waals surface area (Å²) in [5.41, 5.74) is 2.58. The fraction of sp³-hybridized carbons (Fsp3) is 0.350. The molecule has 144 valence electrons. The molecule has 0 fully saturated rings. The summed E-state index contributed by atoms with van der Waals surface area (Å²) in [5, 5.41) is 2.99.